The lowest BCUT2D eigenvalue weighted by Gasteiger charge is -2.04. The van der Waals surface area contributed by atoms with Crippen molar-refractivity contribution >= 4 is 29.2 Å². The number of ether oxygens (including phenoxy) is 1. The second kappa shape index (κ2) is 7.44. The maximum Gasteiger partial charge on any atom is 0.341 e. The van der Waals surface area contributed by atoms with Crippen molar-refractivity contribution in [2.24, 2.45) is 0 Å². The first-order valence-corrected chi connectivity index (χ1v) is 7.86. The normalized spacial score (nSPS) is 10.9. The number of hydrogen-bond donors (Lipinski definition) is 1. The van der Waals surface area contributed by atoms with Crippen LogP contribution in [0.5, 0.6) is 0 Å². The van der Waals surface area contributed by atoms with Crippen LogP contribution in [0.4, 0.5) is 5.69 Å². The lowest BCUT2D eigenvalue weighted by atomic mass is 10.2. The average molecular weight is 335 g/mol. The average Bonchev–Trinajstić information content (AvgIpc) is 3.04. The maximum atomic E-state index is 12.1. The molecule has 0 aliphatic rings. The molecule has 6 nitrogen and oxygen atoms in total. The zero-order chi connectivity index (χ0) is 17.6. The molecule has 0 saturated carbocycles. The van der Waals surface area contributed by atoms with Gasteiger partial charge < -0.3 is 10.1 Å². The minimum Gasteiger partial charge on any atom is -0.462 e. The molecule has 2 aromatic heterocycles. The van der Waals surface area contributed by atoms with E-state index >= 15 is 0 Å². The molecule has 0 fully saturated rings. The van der Waals surface area contributed by atoms with Gasteiger partial charge >= 0.3 is 5.97 Å². The fourth-order valence-corrected chi connectivity index (χ4v) is 2.34. The number of carbonyl (C=O) groups excluding carboxylic acids is 2. The van der Waals surface area contributed by atoms with Crippen molar-refractivity contribution in [1.29, 1.82) is 0 Å². The van der Waals surface area contributed by atoms with E-state index in [1.807, 2.05) is 30.3 Å². The van der Waals surface area contributed by atoms with Gasteiger partial charge in [-0.1, -0.05) is 30.3 Å². The number of rotatable bonds is 5. The number of aromatic nitrogens is 2. The molecule has 25 heavy (non-hydrogen) atoms. The van der Waals surface area contributed by atoms with Crippen LogP contribution in [-0.2, 0) is 9.53 Å². The fourth-order valence-electron chi connectivity index (χ4n) is 2.34. The smallest absolute Gasteiger partial charge is 0.341 e. The summed E-state index contributed by atoms with van der Waals surface area (Å²) < 4.78 is 6.57. The van der Waals surface area contributed by atoms with Gasteiger partial charge in [0.15, 0.2) is 0 Å². The van der Waals surface area contributed by atoms with Gasteiger partial charge in [-0.05, 0) is 30.7 Å². The van der Waals surface area contributed by atoms with E-state index < -0.39 is 5.97 Å². The Bertz CT molecular complexity index is 929. The zero-order valence-electron chi connectivity index (χ0n) is 13.7. The molecule has 0 bridgehead atoms. The molecule has 2 heterocycles. The largest absolute Gasteiger partial charge is 0.462 e. The second-order valence-electron chi connectivity index (χ2n) is 5.26. The number of hydrogen-bond acceptors (Lipinski definition) is 4. The van der Waals surface area contributed by atoms with Crippen molar-refractivity contribution in [3.8, 4) is 0 Å². The molecule has 0 aliphatic heterocycles. The minimum atomic E-state index is -0.440. The molecule has 3 rings (SSSR count). The third-order valence-corrected chi connectivity index (χ3v) is 3.51. The summed E-state index contributed by atoms with van der Waals surface area (Å²) >= 11 is 0. The molecule has 0 spiro atoms. The number of carbonyl (C=O) groups is 2. The van der Waals surface area contributed by atoms with E-state index in [9.17, 15) is 9.59 Å². The third-order valence-electron chi connectivity index (χ3n) is 3.51. The number of esters is 1. The molecular weight excluding hydrogens is 318 g/mol. The first-order valence-electron chi connectivity index (χ1n) is 7.86. The maximum absolute atomic E-state index is 12.1. The molecule has 3 aromatic rings. The summed E-state index contributed by atoms with van der Waals surface area (Å²) in [4.78, 5) is 24.0. The molecule has 0 atom stereocenters. The Morgan fingerprint density at radius 3 is 2.80 bits per heavy atom. The molecule has 1 N–H and O–H groups in total. The van der Waals surface area contributed by atoms with Crippen LogP contribution >= 0.6 is 0 Å². The van der Waals surface area contributed by atoms with Gasteiger partial charge in [0.05, 0.1) is 18.3 Å². The van der Waals surface area contributed by atoms with Crippen LogP contribution in [0.25, 0.3) is 11.6 Å². The highest BCUT2D eigenvalue weighted by molar-refractivity contribution is 6.03. The van der Waals surface area contributed by atoms with E-state index in [-0.39, 0.29) is 12.5 Å². The van der Waals surface area contributed by atoms with Crippen molar-refractivity contribution in [2.75, 3.05) is 11.9 Å². The number of anilines is 1. The van der Waals surface area contributed by atoms with Crippen LogP contribution in [0, 0.1) is 0 Å². The number of benzene rings is 1. The summed E-state index contributed by atoms with van der Waals surface area (Å²) in [7, 11) is 0. The van der Waals surface area contributed by atoms with Gasteiger partial charge in [-0.3, -0.25) is 4.79 Å². The van der Waals surface area contributed by atoms with E-state index in [1.165, 1.54) is 12.3 Å². The van der Waals surface area contributed by atoms with Crippen LogP contribution in [-0.4, -0.2) is 28.1 Å². The number of pyridine rings is 1. The molecule has 6 heteroatoms. The topological polar surface area (TPSA) is 72.7 Å². The van der Waals surface area contributed by atoms with E-state index in [2.05, 4.69) is 10.4 Å². The van der Waals surface area contributed by atoms with Crippen molar-refractivity contribution in [2.45, 2.75) is 6.92 Å². The Morgan fingerprint density at radius 1 is 1.24 bits per heavy atom. The van der Waals surface area contributed by atoms with Gasteiger partial charge in [0.1, 0.15) is 5.56 Å². The van der Waals surface area contributed by atoms with Crippen LogP contribution < -0.4 is 5.32 Å². The van der Waals surface area contributed by atoms with Crippen molar-refractivity contribution in [3.63, 3.8) is 0 Å². The summed E-state index contributed by atoms with van der Waals surface area (Å²) in [6.45, 7) is 2.03. The number of fused-ring (bicyclic) bond motifs is 1. The van der Waals surface area contributed by atoms with Gasteiger partial charge in [0.25, 0.3) is 0 Å². The van der Waals surface area contributed by atoms with Gasteiger partial charge in [0.2, 0.25) is 5.91 Å². The molecule has 0 saturated heterocycles. The van der Waals surface area contributed by atoms with Crippen LogP contribution in [0.1, 0.15) is 22.8 Å². The molecular formula is C19H17N3O3. The Labute approximate surface area is 144 Å². The highest BCUT2D eigenvalue weighted by atomic mass is 16.5. The monoisotopic (exact) mass is 335 g/mol. The molecule has 0 unspecified atom stereocenters. The minimum absolute atomic E-state index is 0.259. The standard InChI is InChI=1S/C19H17N3O3/c1-2-25-19(24)16-13-20-22-11-10-15(12-17(16)22)21-18(23)9-8-14-6-4-3-5-7-14/h3-13H,2H2,1H3,(H,21,23). The Hall–Kier alpha value is -3.41. The molecule has 1 aromatic carbocycles. The number of nitrogens with zero attached hydrogens (tertiary/aromatic N) is 2. The van der Waals surface area contributed by atoms with Crippen molar-refractivity contribution in [1.82, 2.24) is 9.61 Å². The Morgan fingerprint density at radius 2 is 2.04 bits per heavy atom. The summed E-state index contributed by atoms with van der Waals surface area (Å²) in [5.74, 6) is -0.699. The summed E-state index contributed by atoms with van der Waals surface area (Å²) in [6, 6.07) is 12.9. The lowest BCUT2D eigenvalue weighted by Crippen LogP contribution is -2.08. The third kappa shape index (κ3) is 3.92. The van der Waals surface area contributed by atoms with Crippen LogP contribution in [0.15, 0.2) is 60.9 Å². The van der Waals surface area contributed by atoms with E-state index in [0.717, 1.165) is 5.56 Å². The molecule has 126 valence electrons. The van der Waals surface area contributed by atoms with Gasteiger partial charge in [0, 0.05) is 18.0 Å². The quantitative estimate of drug-likeness (QED) is 0.574. The number of nitrogens with one attached hydrogen (secondary N) is 1. The summed E-state index contributed by atoms with van der Waals surface area (Å²) in [5, 5.41) is 6.88. The van der Waals surface area contributed by atoms with E-state index in [0.29, 0.717) is 16.8 Å². The van der Waals surface area contributed by atoms with E-state index in [1.54, 1.807) is 35.8 Å². The fraction of sp³-hybridized carbons (Fsp3) is 0.105. The zero-order valence-corrected chi connectivity index (χ0v) is 13.7. The van der Waals surface area contributed by atoms with Crippen LogP contribution in [0.3, 0.4) is 0 Å². The van der Waals surface area contributed by atoms with Crippen molar-refractivity contribution < 1.29 is 14.3 Å². The Balaban J connectivity index is 1.77. The van der Waals surface area contributed by atoms with Gasteiger partial charge in [-0.15, -0.1) is 0 Å². The predicted molar refractivity (Wildman–Crippen MR) is 95.3 cm³/mol. The summed E-state index contributed by atoms with van der Waals surface area (Å²) in [6.07, 6.45) is 6.32. The van der Waals surface area contributed by atoms with E-state index in [4.69, 9.17) is 4.74 Å². The van der Waals surface area contributed by atoms with Gasteiger partial charge in [-0.25, -0.2) is 9.31 Å². The number of amides is 1. The van der Waals surface area contributed by atoms with Crippen molar-refractivity contribution in [3.05, 3.63) is 72.1 Å². The lowest BCUT2D eigenvalue weighted by molar-refractivity contribution is -0.111. The SMILES string of the molecule is CCOC(=O)c1cnn2ccc(NC(=O)C=Cc3ccccc3)cc12. The predicted octanol–water partition coefficient (Wildman–Crippen LogP) is 3.16. The molecule has 1 amide bonds. The first kappa shape index (κ1) is 16.4. The first-order chi connectivity index (χ1) is 12.2. The molecule has 0 aliphatic carbocycles. The van der Waals surface area contributed by atoms with Gasteiger partial charge in [-0.2, -0.15) is 5.10 Å². The second-order valence-corrected chi connectivity index (χ2v) is 5.26. The highest BCUT2D eigenvalue weighted by Gasteiger charge is 2.14. The Kier molecular flexibility index (Phi) is 4.89. The highest BCUT2D eigenvalue weighted by Crippen LogP contribution is 2.17. The summed E-state index contributed by atoms with van der Waals surface area (Å²) in [5.41, 5.74) is 2.44. The molecule has 0 radical (unpaired) electrons. The van der Waals surface area contributed by atoms with Crippen LogP contribution in [0.2, 0.25) is 0 Å².